The first-order valence-corrected chi connectivity index (χ1v) is 14.8. The number of aliphatic hydroxyl groups is 1. The number of amides is 3. The monoisotopic (exact) mass is 610 g/mol. The van der Waals surface area contributed by atoms with Crippen LogP contribution in [0.2, 0.25) is 0 Å². The molecule has 0 aromatic carbocycles. The van der Waals surface area contributed by atoms with Gasteiger partial charge in [-0.1, -0.05) is 41.9 Å². The molecule has 4 fully saturated rings. The molecular weight excluding hydrogens is 568 g/mol. The molecule has 0 saturated carbocycles. The summed E-state index contributed by atoms with van der Waals surface area (Å²) in [5, 5.41) is 10.4. The van der Waals surface area contributed by atoms with Gasteiger partial charge in [0.1, 0.15) is 11.6 Å². The molecule has 39 heavy (non-hydrogen) atoms. The number of likely N-dealkylation sites (N-methyl/N-ethyl adjacent to an activating group) is 1. The zero-order valence-electron chi connectivity index (χ0n) is 23.3. The molecule has 4 aliphatic rings. The largest absolute Gasteiger partial charge is 0.394 e. The number of hydrogen-bond acceptors (Lipinski definition) is 7. The third-order valence-electron chi connectivity index (χ3n) is 8.79. The number of hydrogen-bond donors (Lipinski definition) is 1. The molecule has 11 heteroatoms. The fraction of sp³-hybridized carbons (Fsp3) is 0.750. The van der Waals surface area contributed by atoms with E-state index in [4.69, 9.17) is 9.47 Å². The number of carbonyl (C=O) groups is 3. The Bertz CT molecular complexity index is 958. The average Bonchev–Trinajstić information content (AvgIpc) is 3.50. The number of halogens is 1. The molecule has 2 bridgehead atoms. The van der Waals surface area contributed by atoms with Gasteiger partial charge in [-0.2, -0.15) is 0 Å². The standard InChI is InChI=1S/C28H43BrN4O6/c1-6-8-30(5)25(35)21-22-26(36)33(20(17-34)18(3)4)24(28(22)16-19(29)23(21)39-28)27(37)32(9-7-2)11-10-31-12-14-38-15-13-31/h6-7,18-24,34H,1-2,8-17H2,3-5H3/t19?,20-,21-,22-,23-,24?,28?/m0/s1. The molecule has 10 nitrogen and oxygen atoms in total. The molecule has 1 spiro atoms. The molecule has 7 atom stereocenters. The Balaban J connectivity index is 1.72. The van der Waals surface area contributed by atoms with Gasteiger partial charge < -0.3 is 29.3 Å². The van der Waals surface area contributed by atoms with Crippen molar-refractivity contribution >= 4 is 33.7 Å². The van der Waals surface area contributed by atoms with Crippen LogP contribution in [0.15, 0.2) is 25.3 Å². The maximum atomic E-state index is 14.5. The molecule has 3 unspecified atom stereocenters. The third-order valence-corrected chi connectivity index (χ3v) is 9.64. The van der Waals surface area contributed by atoms with E-state index in [9.17, 15) is 19.5 Å². The van der Waals surface area contributed by atoms with Crippen molar-refractivity contribution in [3.63, 3.8) is 0 Å². The summed E-state index contributed by atoms with van der Waals surface area (Å²) in [4.78, 5) is 49.4. The van der Waals surface area contributed by atoms with E-state index < -0.39 is 35.6 Å². The number of morpholine rings is 1. The molecule has 3 amide bonds. The fourth-order valence-corrected chi connectivity index (χ4v) is 7.79. The number of fused-ring (bicyclic) bond motifs is 1. The Morgan fingerprint density at radius 1 is 1.21 bits per heavy atom. The van der Waals surface area contributed by atoms with Crippen LogP contribution in [0.1, 0.15) is 20.3 Å². The van der Waals surface area contributed by atoms with Gasteiger partial charge in [0.15, 0.2) is 0 Å². The van der Waals surface area contributed by atoms with Crippen molar-refractivity contribution in [2.75, 3.05) is 66.1 Å². The van der Waals surface area contributed by atoms with E-state index in [1.54, 1.807) is 33.9 Å². The first-order valence-electron chi connectivity index (χ1n) is 13.9. The second kappa shape index (κ2) is 12.4. The van der Waals surface area contributed by atoms with Crippen LogP contribution < -0.4 is 0 Å². The predicted octanol–water partition coefficient (Wildman–Crippen LogP) is 0.743. The van der Waals surface area contributed by atoms with Crippen molar-refractivity contribution in [1.82, 2.24) is 19.6 Å². The lowest BCUT2D eigenvalue weighted by molar-refractivity contribution is -0.152. The predicted molar refractivity (Wildman–Crippen MR) is 150 cm³/mol. The molecule has 4 saturated heterocycles. The van der Waals surface area contributed by atoms with E-state index in [-0.39, 0.29) is 35.1 Å². The molecule has 4 heterocycles. The van der Waals surface area contributed by atoms with Gasteiger partial charge in [-0.25, -0.2) is 0 Å². The van der Waals surface area contributed by atoms with Crippen molar-refractivity contribution in [3.05, 3.63) is 25.3 Å². The zero-order chi connectivity index (χ0) is 28.5. The summed E-state index contributed by atoms with van der Waals surface area (Å²) >= 11 is 3.72. The minimum Gasteiger partial charge on any atom is -0.394 e. The Kier molecular flexibility index (Phi) is 9.58. The minimum absolute atomic E-state index is 0.111. The van der Waals surface area contributed by atoms with Crippen LogP contribution in [0.4, 0.5) is 0 Å². The van der Waals surface area contributed by atoms with Crippen molar-refractivity contribution < 1.29 is 29.0 Å². The van der Waals surface area contributed by atoms with Crippen molar-refractivity contribution in [3.8, 4) is 0 Å². The van der Waals surface area contributed by atoms with Crippen LogP contribution in [0, 0.1) is 17.8 Å². The normalized spacial score (nSPS) is 32.8. The lowest BCUT2D eigenvalue weighted by Gasteiger charge is -2.41. The lowest BCUT2D eigenvalue weighted by atomic mass is 9.70. The van der Waals surface area contributed by atoms with Gasteiger partial charge in [0.05, 0.1) is 43.8 Å². The highest BCUT2D eigenvalue weighted by atomic mass is 79.9. The Morgan fingerprint density at radius 3 is 2.46 bits per heavy atom. The van der Waals surface area contributed by atoms with Crippen molar-refractivity contribution in [1.29, 1.82) is 0 Å². The average molecular weight is 612 g/mol. The summed E-state index contributed by atoms with van der Waals surface area (Å²) in [6.07, 6.45) is 3.24. The SMILES string of the molecule is C=CCN(C)C(=O)[C@H]1[C@H]2C(=O)N([C@@H](CO)C(C)C)C(C(=O)N(CC=C)CCN3CCOCC3)C23CC(Br)[C@@H]1O3. The summed E-state index contributed by atoms with van der Waals surface area (Å²) in [7, 11) is 1.69. The van der Waals surface area contributed by atoms with Crippen LogP contribution in [0.5, 0.6) is 0 Å². The summed E-state index contributed by atoms with van der Waals surface area (Å²) < 4.78 is 12.1. The summed E-state index contributed by atoms with van der Waals surface area (Å²) in [6.45, 7) is 15.9. The first-order chi connectivity index (χ1) is 18.6. The second-order valence-electron chi connectivity index (χ2n) is 11.4. The van der Waals surface area contributed by atoms with Gasteiger partial charge in [-0.05, 0) is 12.3 Å². The highest BCUT2D eigenvalue weighted by molar-refractivity contribution is 9.09. The van der Waals surface area contributed by atoms with Gasteiger partial charge in [0.2, 0.25) is 17.7 Å². The van der Waals surface area contributed by atoms with Crippen LogP contribution >= 0.6 is 15.9 Å². The maximum absolute atomic E-state index is 14.5. The van der Waals surface area contributed by atoms with Gasteiger partial charge in [-0.15, -0.1) is 13.2 Å². The lowest BCUT2D eigenvalue weighted by Crippen LogP contribution is -2.60. The molecule has 4 aliphatic heterocycles. The highest BCUT2D eigenvalue weighted by Crippen LogP contribution is 2.61. The van der Waals surface area contributed by atoms with Crippen LogP contribution in [0.25, 0.3) is 0 Å². The van der Waals surface area contributed by atoms with E-state index in [0.717, 1.165) is 13.1 Å². The molecule has 1 N–H and O–H groups in total. The third kappa shape index (κ3) is 5.32. The summed E-state index contributed by atoms with van der Waals surface area (Å²) in [5.74, 6) is -2.36. The Morgan fingerprint density at radius 2 is 1.87 bits per heavy atom. The topological polar surface area (TPSA) is 103 Å². The highest BCUT2D eigenvalue weighted by Gasteiger charge is 2.77. The molecule has 0 aromatic rings. The second-order valence-corrected chi connectivity index (χ2v) is 12.6. The quantitative estimate of drug-likeness (QED) is 0.257. The molecule has 218 valence electrons. The van der Waals surface area contributed by atoms with Crippen LogP contribution in [0.3, 0.4) is 0 Å². The summed E-state index contributed by atoms with van der Waals surface area (Å²) in [6, 6.07) is -1.54. The maximum Gasteiger partial charge on any atom is 0.248 e. The van der Waals surface area contributed by atoms with E-state index >= 15 is 0 Å². The van der Waals surface area contributed by atoms with Crippen LogP contribution in [-0.4, -0.2) is 137 Å². The Labute approximate surface area is 240 Å². The minimum atomic E-state index is -1.16. The molecular formula is C28H43BrN4O6. The first kappa shape index (κ1) is 30.2. The zero-order valence-corrected chi connectivity index (χ0v) is 24.9. The molecule has 0 radical (unpaired) electrons. The number of likely N-dealkylation sites (tertiary alicyclic amines) is 1. The van der Waals surface area contributed by atoms with Crippen molar-refractivity contribution in [2.24, 2.45) is 17.8 Å². The van der Waals surface area contributed by atoms with Gasteiger partial charge >= 0.3 is 0 Å². The number of rotatable bonds is 12. The van der Waals surface area contributed by atoms with Gasteiger partial charge in [0, 0.05) is 51.1 Å². The van der Waals surface area contributed by atoms with Gasteiger partial charge in [0.25, 0.3) is 0 Å². The van der Waals surface area contributed by atoms with E-state index in [0.29, 0.717) is 45.8 Å². The number of aliphatic hydroxyl groups excluding tert-OH is 1. The van der Waals surface area contributed by atoms with Gasteiger partial charge in [-0.3, -0.25) is 19.3 Å². The fourth-order valence-electron chi connectivity index (χ4n) is 6.85. The van der Waals surface area contributed by atoms with Crippen LogP contribution in [-0.2, 0) is 23.9 Å². The van der Waals surface area contributed by atoms with E-state index in [1.807, 2.05) is 13.8 Å². The van der Waals surface area contributed by atoms with Crippen molar-refractivity contribution in [2.45, 2.75) is 48.9 Å². The van der Waals surface area contributed by atoms with E-state index in [2.05, 4.69) is 34.0 Å². The number of alkyl halides is 1. The Hall–Kier alpha value is -1.79. The number of ether oxygens (including phenoxy) is 2. The number of carbonyl (C=O) groups excluding carboxylic acids is 3. The molecule has 0 aliphatic carbocycles. The number of nitrogens with zero attached hydrogens (tertiary/aromatic N) is 4. The smallest absolute Gasteiger partial charge is 0.248 e. The van der Waals surface area contributed by atoms with E-state index in [1.165, 1.54) is 0 Å². The molecule has 0 aromatic heterocycles. The summed E-state index contributed by atoms with van der Waals surface area (Å²) in [5.41, 5.74) is -1.16. The molecule has 4 rings (SSSR count).